The molecule has 0 radical (unpaired) electrons. The summed E-state index contributed by atoms with van der Waals surface area (Å²) in [7, 11) is 0. The van der Waals surface area contributed by atoms with Crippen molar-refractivity contribution < 1.29 is 14.0 Å². The molecule has 0 saturated heterocycles. The zero-order valence-electron chi connectivity index (χ0n) is 12.9. The van der Waals surface area contributed by atoms with Crippen LogP contribution in [0.25, 0.3) is 6.08 Å². The molecule has 2 aliphatic rings. The number of carbonyl (C=O) groups is 2. The van der Waals surface area contributed by atoms with E-state index >= 15 is 0 Å². The second kappa shape index (κ2) is 4.97. The number of hydrogen-bond acceptors (Lipinski definition) is 3. The van der Waals surface area contributed by atoms with Crippen LogP contribution < -0.4 is 0 Å². The van der Waals surface area contributed by atoms with Crippen molar-refractivity contribution in [2.75, 3.05) is 0 Å². The van der Waals surface area contributed by atoms with Gasteiger partial charge >= 0.3 is 0 Å². The highest BCUT2D eigenvalue weighted by Gasteiger charge is 2.51. The molecule has 3 atom stereocenters. The zero-order chi connectivity index (χ0) is 15.2. The normalized spacial score (nSPS) is 35.1. The number of furan rings is 1. The summed E-state index contributed by atoms with van der Waals surface area (Å²) in [6, 6.07) is 3.76. The van der Waals surface area contributed by atoms with Crippen LogP contribution in [0.1, 0.15) is 51.1 Å². The molecular formula is C18H22O3. The number of hydrogen-bond donors (Lipinski definition) is 0. The molecule has 0 N–H and O–H groups in total. The third-order valence-electron chi connectivity index (χ3n) is 5.34. The number of rotatable bonds is 1. The maximum atomic E-state index is 12.6. The van der Waals surface area contributed by atoms with Gasteiger partial charge in [0.25, 0.3) is 0 Å². The summed E-state index contributed by atoms with van der Waals surface area (Å²) in [5.41, 5.74) is 0.366. The van der Waals surface area contributed by atoms with Crippen LogP contribution in [-0.2, 0) is 9.59 Å². The molecule has 3 nitrogen and oxygen atoms in total. The van der Waals surface area contributed by atoms with Gasteiger partial charge in [0, 0.05) is 23.3 Å². The number of allylic oxidation sites excluding steroid dienone is 1. The van der Waals surface area contributed by atoms with Crippen LogP contribution in [0.2, 0.25) is 0 Å². The number of carbonyl (C=O) groups excluding carboxylic acids is 2. The lowest BCUT2D eigenvalue weighted by Crippen LogP contribution is -2.48. The molecule has 3 heteroatoms. The molecule has 0 bridgehead atoms. The molecule has 3 rings (SSSR count). The van der Waals surface area contributed by atoms with E-state index in [0.717, 1.165) is 24.2 Å². The fourth-order valence-electron chi connectivity index (χ4n) is 4.11. The minimum absolute atomic E-state index is 0.0738. The van der Waals surface area contributed by atoms with E-state index in [2.05, 4.69) is 0 Å². The molecule has 1 aromatic heterocycles. The van der Waals surface area contributed by atoms with Gasteiger partial charge in [0.1, 0.15) is 17.3 Å². The number of aryl methyl sites for hydroxylation is 1. The Bertz CT molecular complexity index is 622. The van der Waals surface area contributed by atoms with E-state index in [0.29, 0.717) is 24.4 Å². The van der Waals surface area contributed by atoms with Gasteiger partial charge < -0.3 is 4.42 Å². The lowest BCUT2D eigenvalue weighted by atomic mass is 9.55. The summed E-state index contributed by atoms with van der Waals surface area (Å²) < 4.78 is 5.55. The minimum Gasteiger partial charge on any atom is -0.462 e. The van der Waals surface area contributed by atoms with Crippen molar-refractivity contribution in [1.82, 2.24) is 0 Å². The van der Waals surface area contributed by atoms with Crippen LogP contribution >= 0.6 is 0 Å². The van der Waals surface area contributed by atoms with Gasteiger partial charge in [-0.25, -0.2) is 0 Å². The van der Waals surface area contributed by atoms with Crippen molar-refractivity contribution in [3.05, 3.63) is 29.2 Å². The van der Waals surface area contributed by atoms with Gasteiger partial charge in [0.05, 0.1) is 0 Å². The molecule has 21 heavy (non-hydrogen) atoms. The lowest BCUT2D eigenvalue weighted by molar-refractivity contribution is -0.141. The number of fused-ring (bicyclic) bond motifs is 1. The Balaban J connectivity index is 1.98. The molecule has 1 heterocycles. The first-order valence-corrected chi connectivity index (χ1v) is 7.76. The molecular weight excluding hydrogens is 264 g/mol. The van der Waals surface area contributed by atoms with Gasteiger partial charge in [0.2, 0.25) is 0 Å². The molecule has 0 spiro atoms. The minimum atomic E-state index is -0.376. The highest BCUT2D eigenvalue weighted by atomic mass is 16.3. The van der Waals surface area contributed by atoms with E-state index in [9.17, 15) is 9.59 Å². The van der Waals surface area contributed by atoms with E-state index < -0.39 is 0 Å². The summed E-state index contributed by atoms with van der Waals surface area (Å²) in [6.07, 6.45) is 4.95. The molecule has 112 valence electrons. The van der Waals surface area contributed by atoms with E-state index in [1.807, 2.05) is 39.0 Å². The molecule has 2 fully saturated rings. The van der Waals surface area contributed by atoms with E-state index in [1.165, 1.54) is 0 Å². The Morgan fingerprint density at radius 3 is 2.76 bits per heavy atom. The molecule has 0 aromatic carbocycles. The zero-order valence-corrected chi connectivity index (χ0v) is 12.9. The molecule has 2 aliphatic carbocycles. The van der Waals surface area contributed by atoms with Crippen molar-refractivity contribution in [1.29, 1.82) is 0 Å². The first-order valence-electron chi connectivity index (χ1n) is 7.76. The fraction of sp³-hybridized carbons (Fsp3) is 0.556. The van der Waals surface area contributed by atoms with Gasteiger partial charge in [-0.3, -0.25) is 9.59 Å². The van der Waals surface area contributed by atoms with Gasteiger partial charge in [-0.05, 0) is 50.3 Å². The molecule has 2 saturated carbocycles. The third kappa shape index (κ3) is 2.29. The largest absolute Gasteiger partial charge is 0.462 e. The Morgan fingerprint density at radius 1 is 1.33 bits per heavy atom. The van der Waals surface area contributed by atoms with Crippen LogP contribution in [0.5, 0.6) is 0 Å². The van der Waals surface area contributed by atoms with Crippen LogP contribution in [-0.4, -0.2) is 11.6 Å². The second-order valence-electron chi connectivity index (χ2n) is 6.79. The first-order chi connectivity index (χ1) is 9.91. The van der Waals surface area contributed by atoms with Gasteiger partial charge in [0.15, 0.2) is 5.78 Å². The summed E-state index contributed by atoms with van der Waals surface area (Å²) in [5.74, 6) is 2.15. The fourth-order valence-corrected chi connectivity index (χ4v) is 4.11. The summed E-state index contributed by atoms with van der Waals surface area (Å²) in [5, 5.41) is 0. The topological polar surface area (TPSA) is 47.3 Å². The standard InChI is InChI=1S/C18H22O3/c1-11-7-8-14(21-11)9-13-10-18(3)15(12(2)17(13)20)5-4-6-16(18)19/h7-9,12,15H,4-6,10H2,1-3H3/t12?,15-,18?/m0/s1. The SMILES string of the molecule is Cc1ccc(C=C2CC3(C)C(=O)CCC[C@H]3C(C)C2=O)o1. The van der Waals surface area contributed by atoms with Crippen molar-refractivity contribution in [3.8, 4) is 0 Å². The van der Waals surface area contributed by atoms with Crippen molar-refractivity contribution in [2.24, 2.45) is 17.3 Å². The Hall–Kier alpha value is -1.64. The molecule has 0 aliphatic heterocycles. The van der Waals surface area contributed by atoms with Crippen molar-refractivity contribution in [2.45, 2.75) is 46.5 Å². The van der Waals surface area contributed by atoms with Crippen LogP contribution in [0, 0.1) is 24.2 Å². The average molecular weight is 286 g/mol. The Kier molecular flexibility index (Phi) is 3.39. The van der Waals surface area contributed by atoms with Crippen LogP contribution in [0.3, 0.4) is 0 Å². The Labute approximate surface area is 125 Å². The van der Waals surface area contributed by atoms with E-state index in [4.69, 9.17) is 4.42 Å². The predicted molar refractivity (Wildman–Crippen MR) is 80.7 cm³/mol. The van der Waals surface area contributed by atoms with Crippen LogP contribution in [0.15, 0.2) is 22.1 Å². The quantitative estimate of drug-likeness (QED) is 0.734. The average Bonchev–Trinajstić information content (AvgIpc) is 2.84. The molecule has 1 aromatic rings. The third-order valence-corrected chi connectivity index (χ3v) is 5.34. The lowest BCUT2D eigenvalue weighted by Gasteiger charge is -2.47. The Morgan fingerprint density at radius 2 is 2.10 bits per heavy atom. The first kappa shape index (κ1) is 14.3. The number of ketones is 2. The summed E-state index contributed by atoms with van der Waals surface area (Å²) in [4.78, 5) is 25.1. The molecule has 0 amide bonds. The second-order valence-corrected chi connectivity index (χ2v) is 6.79. The van der Waals surface area contributed by atoms with Gasteiger partial charge in [-0.2, -0.15) is 0 Å². The van der Waals surface area contributed by atoms with E-state index in [-0.39, 0.29) is 23.0 Å². The highest BCUT2D eigenvalue weighted by Crippen LogP contribution is 2.51. The maximum Gasteiger partial charge on any atom is 0.162 e. The number of Topliss-reactive ketones (excluding diaryl/α,β-unsaturated/α-hetero) is 2. The van der Waals surface area contributed by atoms with Crippen LogP contribution in [0.4, 0.5) is 0 Å². The van der Waals surface area contributed by atoms with E-state index in [1.54, 1.807) is 0 Å². The van der Waals surface area contributed by atoms with Crippen molar-refractivity contribution in [3.63, 3.8) is 0 Å². The summed E-state index contributed by atoms with van der Waals surface area (Å²) >= 11 is 0. The monoisotopic (exact) mass is 286 g/mol. The maximum absolute atomic E-state index is 12.6. The van der Waals surface area contributed by atoms with Gasteiger partial charge in [-0.1, -0.05) is 13.8 Å². The van der Waals surface area contributed by atoms with Gasteiger partial charge in [-0.15, -0.1) is 0 Å². The molecule has 2 unspecified atom stereocenters. The predicted octanol–water partition coefficient (Wildman–Crippen LogP) is 3.96. The highest BCUT2D eigenvalue weighted by molar-refractivity contribution is 6.04. The summed E-state index contributed by atoms with van der Waals surface area (Å²) in [6.45, 7) is 5.91. The van der Waals surface area contributed by atoms with Crippen molar-refractivity contribution >= 4 is 17.6 Å². The smallest absolute Gasteiger partial charge is 0.162 e.